The number of hydrogen-bond donors (Lipinski definition) is 1. The van der Waals surface area contributed by atoms with E-state index in [2.05, 4.69) is 39.3 Å². The Morgan fingerprint density at radius 3 is 2.79 bits per heavy atom. The van der Waals surface area contributed by atoms with Crippen LogP contribution < -0.4 is 10.2 Å². The summed E-state index contributed by atoms with van der Waals surface area (Å²) in [6, 6.07) is 6.93. The molecular formula is C21H27N5O3. The highest BCUT2D eigenvalue weighted by Gasteiger charge is 2.32. The Kier molecular flexibility index (Phi) is 4.75. The second-order valence-corrected chi connectivity index (χ2v) is 8.49. The molecule has 0 bridgehead atoms. The fraction of sp³-hybridized carbons (Fsp3) is 0.571. The second kappa shape index (κ2) is 7.42. The lowest BCUT2D eigenvalue weighted by Crippen LogP contribution is -2.55. The number of fused-ring (bicyclic) bond motifs is 1. The highest BCUT2D eigenvalue weighted by atomic mass is 16.5. The van der Waals surface area contributed by atoms with Gasteiger partial charge in [0.2, 0.25) is 5.91 Å². The topological polar surface area (TPSA) is 81.9 Å². The number of nitrogens with zero attached hydrogens (tertiary/aromatic N) is 4. The van der Waals surface area contributed by atoms with Gasteiger partial charge < -0.3 is 4.52 Å². The third-order valence-corrected chi connectivity index (χ3v) is 6.60. The van der Waals surface area contributed by atoms with Crippen molar-refractivity contribution >= 4 is 28.7 Å². The lowest BCUT2D eigenvalue weighted by Gasteiger charge is -2.46. The van der Waals surface area contributed by atoms with Crippen LogP contribution in [-0.4, -0.2) is 65.2 Å². The Hall–Kier alpha value is -2.45. The van der Waals surface area contributed by atoms with Crippen molar-refractivity contribution in [1.82, 2.24) is 20.3 Å². The molecule has 2 aromatic rings. The van der Waals surface area contributed by atoms with Gasteiger partial charge in [-0.05, 0) is 37.5 Å². The minimum Gasteiger partial charge on any atom is -0.354 e. The van der Waals surface area contributed by atoms with Crippen molar-refractivity contribution in [3.8, 4) is 0 Å². The Morgan fingerprint density at radius 1 is 1.21 bits per heavy atom. The van der Waals surface area contributed by atoms with Crippen LogP contribution in [0.2, 0.25) is 0 Å². The maximum absolute atomic E-state index is 12.2. The van der Waals surface area contributed by atoms with Crippen molar-refractivity contribution in [3.63, 3.8) is 0 Å². The van der Waals surface area contributed by atoms with Crippen LogP contribution in [0, 0.1) is 0 Å². The van der Waals surface area contributed by atoms with Gasteiger partial charge in [-0.2, -0.15) is 0 Å². The minimum absolute atomic E-state index is 0.255. The van der Waals surface area contributed by atoms with Crippen LogP contribution in [0.5, 0.6) is 0 Å². The van der Waals surface area contributed by atoms with Crippen LogP contribution in [0.4, 0.5) is 10.6 Å². The van der Waals surface area contributed by atoms with Crippen LogP contribution in [0.1, 0.15) is 38.2 Å². The third-order valence-electron chi connectivity index (χ3n) is 6.60. The smallest absolute Gasteiger partial charge is 0.329 e. The van der Waals surface area contributed by atoms with E-state index in [-0.39, 0.29) is 12.3 Å². The summed E-state index contributed by atoms with van der Waals surface area (Å²) in [5.74, 6) is 0.226. The monoisotopic (exact) mass is 397 g/mol. The summed E-state index contributed by atoms with van der Waals surface area (Å²) in [4.78, 5) is 30.3. The molecule has 1 aromatic heterocycles. The number of benzene rings is 1. The number of carbonyl (C=O) groups is 2. The summed E-state index contributed by atoms with van der Waals surface area (Å²) in [5.41, 5.74) is 1.83. The first kappa shape index (κ1) is 18.6. The number of aromatic nitrogens is 1. The molecule has 5 rings (SSSR count). The Bertz CT molecular complexity index is 938. The van der Waals surface area contributed by atoms with Crippen LogP contribution >= 0.6 is 0 Å². The molecule has 0 radical (unpaired) electrons. The molecule has 3 aliphatic rings. The summed E-state index contributed by atoms with van der Waals surface area (Å²) in [6.07, 6.45) is 4.36. The Morgan fingerprint density at radius 2 is 2.07 bits per heavy atom. The molecule has 3 fully saturated rings. The first-order valence-corrected chi connectivity index (χ1v) is 10.6. The van der Waals surface area contributed by atoms with Gasteiger partial charge in [0, 0.05) is 51.2 Å². The van der Waals surface area contributed by atoms with Gasteiger partial charge in [0.25, 0.3) is 0 Å². The maximum Gasteiger partial charge on any atom is 0.329 e. The van der Waals surface area contributed by atoms with Crippen molar-refractivity contribution in [2.75, 3.05) is 31.1 Å². The van der Waals surface area contributed by atoms with Gasteiger partial charge in [-0.25, -0.2) is 4.79 Å². The van der Waals surface area contributed by atoms with Gasteiger partial charge in [0.1, 0.15) is 0 Å². The van der Waals surface area contributed by atoms with Gasteiger partial charge in [-0.3, -0.25) is 24.8 Å². The molecule has 0 unspecified atom stereocenters. The number of imide groups is 1. The third kappa shape index (κ3) is 3.51. The van der Waals surface area contributed by atoms with Crippen molar-refractivity contribution in [2.24, 2.45) is 0 Å². The minimum atomic E-state index is -0.442. The summed E-state index contributed by atoms with van der Waals surface area (Å²) in [5, 5.41) is 7.26. The van der Waals surface area contributed by atoms with Crippen LogP contribution in [-0.2, 0) is 11.3 Å². The van der Waals surface area contributed by atoms with E-state index in [0.717, 1.165) is 37.6 Å². The highest BCUT2D eigenvalue weighted by molar-refractivity contribution is 6.08. The van der Waals surface area contributed by atoms with Gasteiger partial charge in [0.15, 0.2) is 11.4 Å². The van der Waals surface area contributed by atoms with Crippen molar-refractivity contribution in [3.05, 3.63) is 23.8 Å². The molecule has 1 aliphatic carbocycles. The average Bonchev–Trinajstić information content (AvgIpc) is 3.06. The maximum atomic E-state index is 12.2. The number of carbonyl (C=O) groups excluding carboxylic acids is 2. The molecule has 8 heteroatoms. The molecule has 2 aliphatic heterocycles. The molecule has 8 nitrogen and oxygen atoms in total. The number of rotatable bonds is 4. The summed E-state index contributed by atoms with van der Waals surface area (Å²) >= 11 is 0. The molecular weight excluding hydrogens is 370 g/mol. The quantitative estimate of drug-likeness (QED) is 0.853. The predicted molar refractivity (Wildman–Crippen MR) is 109 cm³/mol. The lowest BCUT2D eigenvalue weighted by atomic mass is 9.90. The SMILES string of the molecule is C[C@@H]1CN(C2CCC2)CCN1Cc1ccc2onc(N3CCC(=O)NC3=O)c2c1. The molecule has 154 valence electrons. The molecule has 2 saturated heterocycles. The van der Waals surface area contributed by atoms with Crippen LogP contribution in [0.25, 0.3) is 11.0 Å². The summed E-state index contributed by atoms with van der Waals surface area (Å²) < 4.78 is 5.43. The van der Waals surface area contributed by atoms with Crippen LogP contribution in [0.3, 0.4) is 0 Å². The van der Waals surface area contributed by atoms with Crippen molar-refractivity contribution in [2.45, 2.75) is 51.2 Å². The zero-order valence-electron chi connectivity index (χ0n) is 16.8. The fourth-order valence-electron chi connectivity index (χ4n) is 4.61. The van der Waals surface area contributed by atoms with E-state index in [9.17, 15) is 9.59 Å². The molecule has 3 amide bonds. The molecule has 3 heterocycles. The summed E-state index contributed by atoms with van der Waals surface area (Å²) in [6.45, 7) is 6.83. The van der Waals surface area contributed by atoms with E-state index in [4.69, 9.17) is 4.52 Å². The largest absolute Gasteiger partial charge is 0.354 e. The first-order valence-electron chi connectivity index (χ1n) is 10.6. The van der Waals surface area contributed by atoms with E-state index in [1.54, 1.807) is 0 Å². The van der Waals surface area contributed by atoms with Crippen molar-refractivity contribution in [1.29, 1.82) is 0 Å². The Labute approximate surface area is 169 Å². The molecule has 1 atom stereocenters. The number of hydrogen-bond acceptors (Lipinski definition) is 6. The lowest BCUT2D eigenvalue weighted by molar-refractivity contribution is -0.120. The molecule has 29 heavy (non-hydrogen) atoms. The highest BCUT2D eigenvalue weighted by Crippen LogP contribution is 2.30. The zero-order chi connectivity index (χ0) is 20.0. The zero-order valence-corrected chi connectivity index (χ0v) is 16.8. The number of urea groups is 1. The first-order chi connectivity index (χ1) is 14.1. The van der Waals surface area contributed by atoms with E-state index in [0.29, 0.717) is 24.0 Å². The van der Waals surface area contributed by atoms with E-state index in [1.807, 2.05) is 6.07 Å². The van der Waals surface area contributed by atoms with Gasteiger partial charge >= 0.3 is 6.03 Å². The standard InChI is InChI=1S/C21H27N5O3/c1-14-12-25(16-3-2-4-16)10-9-24(14)13-15-5-6-18-17(11-15)20(23-29-18)26-8-7-19(27)22-21(26)28/h5-6,11,14,16H,2-4,7-10,12-13H2,1H3,(H,22,27,28)/t14-/m1/s1. The van der Waals surface area contributed by atoms with Gasteiger partial charge in [-0.1, -0.05) is 17.6 Å². The fourth-order valence-corrected chi connectivity index (χ4v) is 4.61. The average molecular weight is 397 g/mol. The van der Waals surface area contributed by atoms with E-state index >= 15 is 0 Å². The van der Waals surface area contributed by atoms with Crippen LogP contribution in [0.15, 0.2) is 22.7 Å². The number of amides is 3. The number of nitrogens with one attached hydrogen (secondary N) is 1. The van der Waals surface area contributed by atoms with E-state index < -0.39 is 6.03 Å². The predicted octanol–water partition coefficient (Wildman–Crippen LogP) is 2.33. The van der Waals surface area contributed by atoms with Crippen molar-refractivity contribution < 1.29 is 14.1 Å². The number of anilines is 1. The van der Waals surface area contributed by atoms with Gasteiger partial charge in [-0.15, -0.1) is 0 Å². The second-order valence-electron chi connectivity index (χ2n) is 8.49. The normalized spacial score (nSPS) is 24.7. The molecule has 0 spiro atoms. The number of piperazine rings is 1. The molecule has 1 saturated carbocycles. The Balaban J connectivity index is 1.32. The molecule has 1 aromatic carbocycles. The van der Waals surface area contributed by atoms with E-state index in [1.165, 1.54) is 29.7 Å². The van der Waals surface area contributed by atoms with Gasteiger partial charge in [0.05, 0.1) is 5.39 Å². The summed E-state index contributed by atoms with van der Waals surface area (Å²) in [7, 11) is 0. The molecule has 1 N–H and O–H groups in total.